The standard InChI is InChI=1S/C20H16F6NO2/c1-11(10-28)2-3-12-4-5-17-16(6-12)27-18(29-17)13-7-14(19(21,22)23)9-15(8-13)20(24,25)26/h4-9,28H,2-3,10H2,1H3. The summed E-state index contributed by atoms with van der Waals surface area (Å²) in [6.07, 6.45) is -8.66. The monoisotopic (exact) mass is 416 g/mol. The van der Waals surface area contributed by atoms with Gasteiger partial charge in [-0.15, -0.1) is 0 Å². The maximum absolute atomic E-state index is 13.1. The number of aliphatic hydroxyl groups is 1. The van der Waals surface area contributed by atoms with Gasteiger partial charge in [0.2, 0.25) is 5.89 Å². The van der Waals surface area contributed by atoms with Gasteiger partial charge in [0.1, 0.15) is 5.52 Å². The van der Waals surface area contributed by atoms with E-state index in [0.717, 1.165) is 11.5 Å². The molecule has 0 spiro atoms. The summed E-state index contributed by atoms with van der Waals surface area (Å²) < 4.78 is 83.7. The van der Waals surface area contributed by atoms with Gasteiger partial charge in [0.05, 0.1) is 11.1 Å². The molecule has 0 unspecified atom stereocenters. The van der Waals surface area contributed by atoms with Crippen molar-refractivity contribution < 1.29 is 35.9 Å². The van der Waals surface area contributed by atoms with Crippen LogP contribution >= 0.6 is 0 Å². The lowest BCUT2D eigenvalue weighted by molar-refractivity contribution is -0.143. The number of oxazole rings is 1. The minimum absolute atomic E-state index is 0.0343. The van der Waals surface area contributed by atoms with E-state index in [-0.39, 0.29) is 24.1 Å². The van der Waals surface area contributed by atoms with Gasteiger partial charge in [0.15, 0.2) is 5.58 Å². The molecule has 1 aromatic heterocycles. The van der Waals surface area contributed by atoms with E-state index in [4.69, 9.17) is 9.52 Å². The summed E-state index contributed by atoms with van der Waals surface area (Å²) in [4.78, 5) is 4.08. The van der Waals surface area contributed by atoms with Gasteiger partial charge in [-0.2, -0.15) is 26.3 Å². The van der Waals surface area contributed by atoms with Gasteiger partial charge in [0.25, 0.3) is 0 Å². The highest BCUT2D eigenvalue weighted by atomic mass is 19.4. The highest BCUT2D eigenvalue weighted by Gasteiger charge is 2.37. The SMILES string of the molecule is C[C](CO)CCc1ccc2oc(-c3cc(C(F)(F)F)cc(C(F)(F)F)c3)nc2c1. The lowest BCUT2D eigenvalue weighted by atomic mass is 10.0. The Kier molecular flexibility index (Phi) is 5.62. The number of nitrogens with zero attached hydrogens (tertiary/aromatic N) is 1. The Hall–Kier alpha value is -2.55. The van der Waals surface area contributed by atoms with Crippen molar-refractivity contribution in [2.45, 2.75) is 32.1 Å². The second-order valence-corrected chi connectivity index (χ2v) is 6.73. The number of aryl methyl sites for hydroxylation is 1. The van der Waals surface area contributed by atoms with Crippen molar-refractivity contribution in [2.75, 3.05) is 6.61 Å². The van der Waals surface area contributed by atoms with Crippen molar-refractivity contribution in [2.24, 2.45) is 0 Å². The molecule has 0 fully saturated rings. The summed E-state index contributed by atoms with van der Waals surface area (Å²) in [6, 6.07) is 6.18. The molecule has 0 saturated heterocycles. The minimum atomic E-state index is -4.95. The van der Waals surface area contributed by atoms with Crippen LogP contribution in [0.4, 0.5) is 26.3 Å². The Bertz CT molecular complexity index is 974. The quantitative estimate of drug-likeness (QED) is 0.515. The van der Waals surface area contributed by atoms with Crippen molar-refractivity contribution in [3.63, 3.8) is 0 Å². The average molecular weight is 416 g/mol. The predicted octanol–water partition coefficient (Wildman–Crippen LogP) is 6.05. The molecule has 1 N–H and O–H groups in total. The third-order valence-electron chi connectivity index (χ3n) is 4.40. The Labute approximate surface area is 162 Å². The van der Waals surface area contributed by atoms with Gasteiger partial charge in [0, 0.05) is 12.2 Å². The van der Waals surface area contributed by atoms with Crippen molar-refractivity contribution >= 4 is 11.1 Å². The van der Waals surface area contributed by atoms with Crippen LogP contribution in [0.25, 0.3) is 22.6 Å². The summed E-state index contributed by atoms with van der Waals surface area (Å²) in [5.74, 6) is 0.557. The smallest absolute Gasteiger partial charge is 0.416 e. The molecule has 0 bridgehead atoms. The Morgan fingerprint density at radius 3 is 2.14 bits per heavy atom. The molecule has 0 aliphatic rings. The van der Waals surface area contributed by atoms with Crippen LogP contribution in [0.2, 0.25) is 0 Å². The summed E-state index contributed by atoms with van der Waals surface area (Å²) in [6.45, 7) is 1.77. The van der Waals surface area contributed by atoms with Crippen LogP contribution < -0.4 is 0 Å². The van der Waals surface area contributed by atoms with Crippen molar-refractivity contribution in [3.8, 4) is 11.5 Å². The number of halogens is 6. The zero-order valence-corrected chi connectivity index (χ0v) is 15.2. The number of aliphatic hydroxyl groups excluding tert-OH is 1. The first kappa shape index (κ1) is 21.2. The summed E-state index contributed by atoms with van der Waals surface area (Å²) >= 11 is 0. The normalized spacial score (nSPS) is 12.9. The third kappa shape index (κ3) is 4.90. The molecular formula is C20H16F6NO2. The van der Waals surface area contributed by atoms with Crippen LogP contribution in [-0.2, 0) is 18.8 Å². The molecule has 0 saturated carbocycles. The van der Waals surface area contributed by atoms with E-state index >= 15 is 0 Å². The zero-order chi connectivity index (χ0) is 21.4. The summed E-state index contributed by atoms with van der Waals surface area (Å²) in [7, 11) is 0. The fourth-order valence-electron chi connectivity index (χ4n) is 2.77. The molecule has 0 amide bonds. The largest absolute Gasteiger partial charge is 0.436 e. The van der Waals surface area contributed by atoms with Gasteiger partial charge in [-0.1, -0.05) is 13.0 Å². The minimum Gasteiger partial charge on any atom is -0.436 e. The molecule has 0 aliphatic carbocycles. The van der Waals surface area contributed by atoms with Gasteiger partial charge < -0.3 is 9.52 Å². The highest BCUT2D eigenvalue weighted by Crippen LogP contribution is 2.39. The lowest BCUT2D eigenvalue weighted by Crippen LogP contribution is -2.11. The summed E-state index contributed by atoms with van der Waals surface area (Å²) in [5, 5.41) is 9.05. The molecule has 2 aromatic carbocycles. The van der Waals surface area contributed by atoms with Crippen LogP contribution in [-0.4, -0.2) is 16.7 Å². The average Bonchev–Trinajstić information content (AvgIpc) is 3.07. The fraction of sp³-hybridized carbons (Fsp3) is 0.300. The van der Waals surface area contributed by atoms with E-state index in [0.29, 0.717) is 30.5 Å². The second-order valence-electron chi connectivity index (χ2n) is 6.73. The third-order valence-corrected chi connectivity index (χ3v) is 4.40. The number of alkyl halides is 6. The van der Waals surface area contributed by atoms with Crippen molar-refractivity contribution in [3.05, 3.63) is 59.0 Å². The van der Waals surface area contributed by atoms with E-state index in [1.165, 1.54) is 0 Å². The molecule has 3 nitrogen and oxygen atoms in total. The molecular weight excluding hydrogens is 400 g/mol. The number of benzene rings is 2. The van der Waals surface area contributed by atoms with Crippen molar-refractivity contribution in [1.29, 1.82) is 0 Å². The maximum Gasteiger partial charge on any atom is 0.416 e. The first-order valence-corrected chi connectivity index (χ1v) is 8.59. The molecule has 0 atom stereocenters. The number of hydrogen-bond acceptors (Lipinski definition) is 3. The number of hydrogen-bond donors (Lipinski definition) is 1. The first-order valence-electron chi connectivity index (χ1n) is 8.59. The van der Waals surface area contributed by atoms with Gasteiger partial charge in [-0.25, -0.2) is 4.98 Å². The zero-order valence-electron chi connectivity index (χ0n) is 15.2. The van der Waals surface area contributed by atoms with E-state index in [9.17, 15) is 26.3 Å². The molecule has 3 rings (SSSR count). The first-order chi connectivity index (χ1) is 13.5. The topological polar surface area (TPSA) is 46.3 Å². The summed E-state index contributed by atoms with van der Waals surface area (Å²) in [5.41, 5.74) is -1.84. The predicted molar refractivity (Wildman–Crippen MR) is 93.8 cm³/mol. The van der Waals surface area contributed by atoms with Crippen LogP contribution in [0.15, 0.2) is 40.8 Å². The molecule has 29 heavy (non-hydrogen) atoms. The van der Waals surface area contributed by atoms with E-state index < -0.39 is 29.0 Å². The number of aromatic nitrogens is 1. The highest BCUT2D eigenvalue weighted by molar-refractivity contribution is 5.77. The van der Waals surface area contributed by atoms with E-state index in [2.05, 4.69) is 4.98 Å². The molecule has 1 radical (unpaired) electrons. The van der Waals surface area contributed by atoms with Gasteiger partial charge >= 0.3 is 12.4 Å². The van der Waals surface area contributed by atoms with Crippen LogP contribution in [0.1, 0.15) is 30.0 Å². The number of rotatable bonds is 5. The Morgan fingerprint density at radius 1 is 0.966 bits per heavy atom. The van der Waals surface area contributed by atoms with Crippen molar-refractivity contribution in [1.82, 2.24) is 4.98 Å². The molecule has 0 aliphatic heterocycles. The van der Waals surface area contributed by atoms with E-state index in [1.807, 2.05) is 0 Å². The maximum atomic E-state index is 13.1. The molecule has 3 aromatic rings. The second kappa shape index (κ2) is 7.70. The molecule has 1 heterocycles. The molecule has 155 valence electrons. The lowest BCUT2D eigenvalue weighted by Gasteiger charge is -2.12. The van der Waals surface area contributed by atoms with Crippen LogP contribution in [0.5, 0.6) is 0 Å². The Balaban J connectivity index is 2.01. The van der Waals surface area contributed by atoms with Gasteiger partial charge in [-0.3, -0.25) is 0 Å². The van der Waals surface area contributed by atoms with E-state index in [1.54, 1.807) is 25.1 Å². The van der Waals surface area contributed by atoms with Crippen LogP contribution in [0.3, 0.4) is 0 Å². The van der Waals surface area contributed by atoms with Gasteiger partial charge in [-0.05, 0) is 54.7 Å². The number of fused-ring (bicyclic) bond motifs is 1. The van der Waals surface area contributed by atoms with Crippen LogP contribution in [0, 0.1) is 5.92 Å². The Morgan fingerprint density at radius 2 is 1.59 bits per heavy atom. The fourth-order valence-corrected chi connectivity index (χ4v) is 2.77. The molecule has 9 heteroatoms.